The molecule has 3 amide bonds. The third kappa shape index (κ3) is 4.45. The lowest BCUT2D eigenvalue weighted by Gasteiger charge is -2.13. The van der Waals surface area contributed by atoms with Crippen LogP contribution in [0.25, 0.3) is 10.4 Å². The number of imide groups is 3. The number of amides is 3. The molecule has 1 heterocycles. The Hall–Kier alpha value is -3.66. The fourth-order valence-electron chi connectivity index (χ4n) is 2.18. The van der Waals surface area contributed by atoms with Crippen LogP contribution >= 0.6 is 0 Å². The van der Waals surface area contributed by atoms with E-state index in [1.807, 2.05) is 0 Å². The monoisotopic (exact) mass is 363 g/mol. The van der Waals surface area contributed by atoms with Crippen LogP contribution in [0.15, 0.2) is 23.3 Å². The standard InChI is InChI=1S/C14H13N5O7/c15-17-16-5-6-25-10-1-2-11(19(23)24)9(7-10)8-26-14(22)18-12(20)3-4-13(18)21/h1-2,7H,3-6,8H2. The van der Waals surface area contributed by atoms with Crippen molar-refractivity contribution in [2.45, 2.75) is 19.4 Å². The predicted octanol–water partition coefficient (Wildman–Crippen LogP) is 2.07. The van der Waals surface area contributed by atoms with Gasteiger partial charge in [0.1, 0.15) is 12.4 Å². The maximum atomic E-state index is 11.9. The van der Waals surface area contributed by atoms with Crippen LogP contribution < -0.4 is 4.74 Å². The summed E-state index contributed by atoms with van der Waals surface area (Å²) in [5.41, 5.74) is 7.88. The molecule has 1 aromatic rings. The van der Waals surface area contributed by atoms with Gasteiger partial charge in [0.05, 0.1) is 23.6 Å². The van der Waals surface area contributed by atoms with Gasteiger partial charge in [0, 0.05) is 23.8 Å². The number of carbonyl (C=O) groups excluding carboxylic acids is 3. The van der Waals surface area contributed by atoms with Gasteiger partial charge in [-0.2, -0.15) is 4.90 Å². The molecule has 0 aromatic heterocycles. The minimum atomic E-state index is -1.18. The topological polar surface area (TPSA) is 165 Å². The Bertz CT molecular complexity index is 787. The molecule has 0 unspecified atom stereocenters. The second kappa shape index (κ2) is 8.44. The van der Waals surface area contributed by atoms with E-state index in [0.717, 1.165) is 6.07 Å². The first-order valence-corrected chi connectivity index (χ1v) is 7.37. The molecule has 0 saturated carbocycles. The summed E-state index contributed by atoms with van der Waals surface area (Å²) < 4.78 is 10.1. The smallest absolute Gasteiger partial charge is 0.423 e. The van der Waals surface area contributed by atoms with E-state index in [9.17, 15) is 24.5 Å². The van der Waals surface area contributed by atoms with E-state index in [2.05, 4.69) is 10.0 Å². The van der Waals surface area contributed by atoms with E-state index in [-0.39, 0.29) is 43.0 Å². The zero-order chi connectivity index (χ0) is 19.1. The summed E-state index contributed by atoms with van der Waals surface area (Å²) in [7, 11) is 0. The molecular formula is C14H13N5O7. The van der Waals surface area contributed by atoms with Crippen molar-refractivity contribution in [3.63, 3.8) is 0 Å². The number of nitro groups is 1. The maximum absolute atomic E-state index is 11.9. The largest absolute Gasteiger partial charge is 0.493 e. The number of nitrogens with zero attached hydrogens (tertiary/aromatic N) is 5. The van der Waals surface area contributed by atoms with Gasteiger partial charge in [-0.05, 0) is 17.7 Å². The third-order valence-electron chi connectivity index (χ3n) is 3.36. The molecule has 0 spiro atoms. The summed E-state index contributed by atoms with van der Waals surface area (Å²) in [4.78, 5) is 48.2. The minimum absolute atomic E-state index is 0.0173. The average molecular weight is 363 g/mol. The quantitative estimate of drug-likeness (QED) is 0.136. The molecule has 2 rings (SSSR count). The predicted molar refractivity (Wildman–Crippen MR) is 83.9 cm³/mol. The Morgan fingerprint density at radius 2 is 2.04 bits per heavy atom. The van der Waals surface area contributed by atoms with Crippen LogP contribution in [0.1, 0.15) is 18.4 Å². The first kappa shape index (κ1) is 18.7. The van der Waals surface area contributed by atoms with Gasteiger partial charge in [0.2, 0.25) is 11.8 Å². The molecule has 1 saturated heterocycles. The molecule has 1 aliphatic heterocycles. The third-order valence-corrected chi connectivity index (χ3v) is 3.36. The van der Waals surface area contributed by atoms with Crippen molar-refractivity contribution in [2.24, 2.45) is 5.11 Å². The summed E-state index contributed by atoms with van der Waals surface area (Å²) in [5, 5.41) is 14.4. The van der Waals surface area contributed by atoms with E-state index in [4.69, 9.17) is 15.0 Å². The van der Waals surface area contributed by atoms with Crippen molar-refractivity contribution >= 4 is 23.6 Å². The van der Waals surface area contributed by atoms with Crippen LogP contribution in [-0.2, 0) is 20.9 Å². The highest BCUT2D eigenvalue weighted by molar-refractivity contribution is 6.13. The maximum Gasteiger partial charge on any atom is 0.423 e. The molecule has 0 radical (unpaired) electrons. The van der Waals surface area contributed by atoms with Gasteiger partial charge in [-0.3, -0.25) is 19.7 Å². The van der Waals surface area contributed by atoms with Gasteiger partial charge in [0.25, 0.3) is 5.69 Å². The minimum Gasteiger partial charge on any atom is -0.493 e. The van der Waals surface area contributed by atoms with Gasteiger partial charge < -0.3 is 9.47 Å². The van der Waals surface area contributed by atoms with E-state index in [1.54, 1.807) is 0 Å². The van der Waals surface area contributed by atoms with E-state index in [1.165, 1.54) is 12.1 Å². The first-order chi connectivity index (χ1) is 12.4. The zero-order valence-electron chi connectivity index (χ0n) is 13.4. The van der Waals surface area contributed by atoms with Crippen molar-refractivity contribution < 1.29 is 28.8 Å². The molecule has 26 heavy (non-hydrogen) atoms. The molecule has 1 aliphatic rings. The van der Waals surface area contributed by atoms with Gasteiger partial charge >= 0.3 is 6.09 Å². The SMILES string of the molecule is [N-]=[N+]=NCCOc1ccc([N+](=O)[O-])c(COC(=O)N2C(=O)CCC2=O)c1. The normalized spacial score (nSPS) is 13.3. The second-order valence-electron chi connectivity index (χ2n) is 5.03. The number of hydrogen-bond donors (Lipinski definition) is 0. The lowest BCUT2D eigenvalue weighted by atomic mass is 10.2. The van der Waals surface area contributed by atoms with Gasteiger partial charge in [0.15, 0.2) is 0 Å². The summed E-state index contributed by atoms with van der Waals surface area (Å²) in [6, 6.07) is 3.79. The number of azide groups is 1. The number of hydrogen-bond acceptors (Lipinski definition) is 8. The number of ether oxygens (including phenoxy) is 2. The molecule has 0 aliphatic carbocycles. The molecule has 12 nitrogen and oxygen atoms in total. The van der Waals surface area contributed by atoms with Crippen LogP contribution in [0.4, 0.5) is 10.5 Å². The van der Waals surface area contributed by atoms with Crippen molar-refractivity contribution in [3.8, 4) is 5.75 Å². The summed E-state index contributed by atoms with van der Waals surface area (Å²) >= 11 is 0. The fraction of sp³-hybridized carbons (Fsp3) is 0.357. The fourth-order valence-corrected chi connectivity index (χ4v) is 2.18. The van der Waals surface area contributed by atoms with Crippen molar-refractivity contribution in [1.29, 1.82) is 0 Å². The Morgan fingerprint density at radius 1 is 1.35 bits per heavy atom. The molecule has 1 fully saturated rings. The highest BCUT2D eigenvalue weighted by atomic mass is 16.6. The molecule has 0 atom stereocenters. The molecule has 0 bridgehead atoms. The van der Waals surface area contributed by atoms with Crippen LogP contribution in [0.2, 0.25) is 0 Å². The Kier molecular flexibility index (Phi) is 6.06. The second-order valence-corrected chi connectivity index (χ2v) is 5.03. The van der Waals surface area contributed by atoms with Crippen LogP contribution in [-0.4, -0.2) is 40.9 Å². The first-order valence-electron chi connectivity index (χ1n) is 7.37. The number of rotatable bonds is 7. The lowest BCUT2D eigenvalue weighted by molar-refractivity contribution is -0.385. The molecule has 12 heteroatoms. The van der Waals surface area contributed by atoms with E-state index >= 15 is 0 Å². The highest BCUT2D eigenvalue weighted by Crippen LogP contribution is 2.25. The zero-order valence-corrected chi connectivity index (χ0v) is 13.4. The number of benzene rings is 1. The van der Waals surface area contributed by atoms with E-state index in [0.29, 0.717) is 4.90 Å². The number of nitro benzene ring substituents is 1. The number of carbonyl (C=O) groups is 3. The Balaban J connectivity index is 2.08. The molecular weight excluding hydrogens is 350 g/mol. The van der Waals surface area contributed by atoms with Crippen molar-refractivity contribution in [3.05, 3.63) is 44.3 Å². The van der Waals surface area contributed by atoms with Crippen LogP contribution in [0.3, 0.4) is 0 Å². The van der Waals surface area contributed by atoms with Crippen LogP contribution in [0.5, 0.6) is 5.75 Å². The number of likely N-dealkylation sites (tertiary alicyclic amines) is 1. The van der Waals surface area contributed by atoms with Gasteiger partial charge in [-0.15, -0.1) is 0 Å². The summed E-state index contributed by atoms with van der Waals surface area (Å²) in [6.45, 7) is -0.408. The highest BCUT2D eigenvalue weighted by Gasteiger charge is 2.36. The average Bonchev–Trinajstić information content (AvgIpc) is 2.95. The van der Waals surface area contributed by atoms with Gasteiger partial charge in [-0.1, -0.05) is 5.11 Å². The van der Waals surface area contributed by atoms with Crippen LogP contribution in [0, 0.1) is 10.1 Å². The van der Waals surface area contributed by atoms with Gasteiger partial charge in [-0.25, -0.2) is 4.79 Å². The molecule has 136 valence electrons. The van der Waals surface area contributed by atoms with Crippen molar-refractivity contribution in [1.82, 2.24) is 4.90 Å². The molecule has 0 N–H and O–H groups in total. The molecule has 1 aromatic carbocycles. The van der Waals surface area contributed by atoms with E-state index < -0.39 is 29.4 Å². The lowest BCUT2D eigenvalue weighted by Crippen LogP contribution is -2.35. The summed E-state index contributed by atoms with van der Waals surface area (Å²) in [5.74, 6) is -1.11. The van der Waals surface area contributed by atoms with Crippen molar-refractivity contribution in [2.75, 3.05) is 13.2 Å². The Labute approximate surface area is 146 Å². The Morgan fingerprint density at radius 3 is 2.65 bits per heavy atom. The summed E-state index contributed by atoms with van der Waals surface area (Å²) in [6.07, 6.45) is -1.34.